The molecule has 6 aromatic rings. The van der Waals surface area contributed by atoms with E-state index in [0.717, 1.165) is 37.9 Å². The minimum absolute atomic E-state index is 0.0342. The number of fused-ring (bicyclic) bond motifs is 2. The molecule has 0 saturated carbocycles. The molecule has 3 atom stereocenters. The Kier molecular flexibility index (Phi) is 16.1. The van der Waals surface area contributed by atoms with E-state index in [1.165, 1.54) is 6.92 Å². The third-order valence-corrected chi connectivity index (χ3v) is 17.6. The number of nitrogens with one attached hydrogen (secondary N) is 2. The second-order valence-corrected chi connectivity index (χ2v) is 23.9. The third kappa shape index (κ3) is 12.8. The van der Waals surface area contributed by atoms with Crippen LogP contribution in [-0.2, 0) is 55.1 Å². The summed E-state index contributed by atoms with van der Waals surface area (Å²) < 4.78 is 55.2. The van der Waals surface area contributed by atoms with Crippen molar-refractivity contribution in [1.29, 1.82) is 5.26 Å². The molecule has 3 N–H and O–H groups in total. The number of aryl methyl sites for hydroxylation is 1. The van der Waals surface area contributed by atoms with Gasteiger partial charge in [0.2, 0.25) is 11.8 Å². The van der Waals surface area contributed by atoms with Gasteiger partial charge in [0.25, 0.3) is 10.0 Å². The van der Waals surface area contributed by atoms with Crippen LogP contribution in [0.15, 0.2) is 107 Å². The van der Waals surface area contributed by atoms with Crippen molar-refractivity contribution in [2.45, 2.75) is 94.5 Å². The van der Waals surface area contributed by atoms with Gasteiger partial charge in [0.1, 0.15) is 36.6 Å². The SMILES string of the molecule is Cc1nc(NC(=O)C2CCN(C(=O)OC(C)(C)C)CC2)sc1S(=O)(=O)N1Cc2cc3c(cc2CC1C(=O)N[C@@H](Cc1ccc(-c2ccc(C#N)cc2)cc1)C(=O)O)OC[C@H](c1ccc(OCc2ccc(Cl)c(Cl)c2)cc1)O3. The maximum atomic E-state index is 15.1. The van der Waals surface area contributed by atoms with Crippen LogP contribution < -0.4 is 24.8 Å². The molecule has 0 radical (unpaired) electrons. The van der Waals surface area contributed by atoms with Crippen molar-refractivity contribution in [3.8, 4) is 34.4 Å². The number of carbonyl (C=O) groups excluding carboxylic acids is 3. The molecule has 1 fully saturated rings. The van der Waals surface area contributed by atoms with E-state index < -0.39 is 57.7 Å². The van der Waals surface area contributed by atoms with Crippen LogP contribution in [-0.4, -0.2) is 89.0 Å². The highest BCUT2D eigenvalue weighted by Gasteiger charge is 2.43. The number of benzene rings is 5. The molecule has 0 aliphatic carbocycles. The van der Waals surface area contributed by atoms with E-state index in [9.17, 15) is 29.5 Å². The van der Waals surface area contributed by atoms with Gasteiger partial charge in [-0.15, -0.1) is 0 Å². The van der Waals surface area contributed by atoms with Crippen molar-refractivity contribution >= 4 is 73.6 Å². The number of likely N-dealkylation sites (tertiary alicyclic amines) is 1. The van der Waals surface area contributed by atoms with Crippen LogP contribution >= 0.6 is 34.5 Å². The van der Waals surface area contributed by atoms with Gasteiger partial charge in [0.15, 0.2) is 26.9 Å². The van der Waals surface area contributed by atoms with E-state index in [2.05, 4.69) is 21.7 Å². The number of carbonyl (C=O) groups is 4. The van der Waals surface area contributed by atoms with Gasteiger partial charge in [-0.05, 0) is 134 Å². The van der Waals surface area contributed by atoms with Crippen LogP contribution in [0.5, 0.6) is 17.2 Å². The maximum Gasteiger partial charge on any atom is 0.410 e. The number of amides is 3. The Bertz CT molecular complexity index is 3370. The molecule has 9 rings (SSSR count). The standard InChI is InChI=1S/C56H54Cl2N6O11S2/c1-32-53(76-54(60-32)62-50(65)39-19-21-63(22-20-39)55(69)75-56(2,3)4)77(70,71)64-29-41-27-48-47(73-31-49(74-48)38-14-16-42(17-15-38)72-30-35-9-18-43(57)44(58)23-35)26-40(41)25-46(64)51(66)61-45(52(67)68)24-33-5-10-36(11-6-33)37-12-7-34(28-59)8-13-37/h5-18,23,26-27,39,45-46,49H,19-22,24-25,29-31H2,1-4H3,(H,61,66)(H,67,68)(H,60,62,65)/t45-,46?,49+/m0/s1. The number of aromatic nitrogens is 1. The fourth-order valence-electron chi connectivity index (χ4n) is 9.26. The number of piperidine rings is 1. The number of hydrogen-bond acceptors (Lipinski definition) is 13. The van der Waals surface area contributed by atoms with Crippen LogP contribution in [0.4, 0.5) is 9.93 Å². The first-order chi connectivity index (χ1) is 36.7. The first-order valence-electron chi connectivity index (χ1n) is 24.7. The summed E-state index contributed by atoms with van der Waals surface area (Å²) in [6, 6.07) is 29.4. The number of hydrogen-bond donors (Lipinski definition) is 3. The zero-order valence-corrected chi connectivity index (χ0v) is 45.5. The molecule has 1 saturated heterocycles. The molecule has 0 spiro atoms. The quantitative estimate of drug-likeness (QED) is 0.0924. The molecule has 21 heteroatoms. The Labute approximate surface area is 459 Å². The smallest absolute Gasteiger partial charge is 0.410 e. The molecule has 1 aromatic heterocycles. The molecular formula is C56H54Cl2N6O11S2. The first-order valence-corrected chi connectivity index (χ1v) is 27.7. The molecule has 1 unspecified atom stereocenters. The number of halogens is 2. The van der Waals surface area contributed by atoms with Crippen LogP contribution in [0.2, 0.25) is 10.0 Å². The van der Waals surface area contributed by atoms with E-state index >= 15 is 8.42 Å². The van der Waals surface area contributed by atoms with Gasteiger partial charge in [-0.2, -0.15) is 9.57 Å². The Balaban J connectivity index is 0.942. The van der Waals surface area contributed by atoms with Gasteiger partial charge in [0.05, 0.1) is 27.4 Å². The molecule has 3 aliphatic rings. The Hall–Kier alpha value is -7.21. The van der Waals surface area contributed by atoms with Crippen molar-refractivity contribution in [2.24, 2.45) is 5.92 Å². The van der Waals surface area contributed by atoms with E-state index in [4.69, 9.17) is 42.1 Å². The number of nitrogens with zero attached hydrogens (tertiary/aromatic N) is 4. The Morgan fingerprint density at radius 3 is 2.19 bits per heavy atom. The monoisotopic (exact) mass is 1120 g/mol. The van der Waals surface area contributed by atoms with E-state index in [1.807, 2.05) is 54.6 Å². The molecule has 17 nitrogen and oxygen atoms in total. The van der Waals surface area contributed by atoms with Gasteiger partial charge in [-0.1, -0.05) is 89.1 Å². The Morgan fingerprint density at radius 2 is 1.55 bits per heavy atom. The summed E-state index contributed by atoms with van der Waals surface area (Å²) in [4.78, 5) is 59.7. The average Bonchev–Trinajstić information content (AvgIpc) is 3.83. The number of nitriles is 1. The molecule has 4 heterocycles. The van der Waals surface area contributed by atoms with Gasteiger partial charge >= 0.3 is 12.1 Å². The fourth-order valence-corrected chi connectivity index (χ4v) is 12.7. The lowest BCUT2D eigenvalue weighted by molar-refractivity contribution is -0.142. The van der Waals surface area contributed by atoms with E-state index in [-0.39, 0.29) is 53.5 Å². The summed E-state index contributed by atoms with van der Waals surface area (Å²) in [5.41, 5.74) is 4.97. The highest BCUT2D eigenvalue weighted by Crippen LogP contribution is 2.43. The minimum atomic E-state index is -4.60. The van der Waals surface area contributed by atoms with Gasteiger partial charge < -0.3 is 39.6 Å². The third-order valence-electron chi connectivity index (χ3n) is 13.4. The van der Waals surface area contributed by atoms with Crippen molar-refractivity contribution < 1.29 is 51.6 Å². The maximum absolute atomic E-state index is 15.1. The zero-order chi connectivity index (χ0) is 54.8. The average molecular weight is 1120 g/mol. The molecule has 400 valence electrons. The highest BCUT2D eigenvalue weighted by atomic mass is 35.5. The predicted octanol–water partition coefficient (Wildman–Crippen LogP) is 9.90. The number of carboxylic acids is 1. The van der Waals surface area contributed by atoms with Crippen molar-refractivity contribution in [3.63, 3.8) is 0 Å². The lowest BCUT2D eigenvalue weighted by Crippen LogP contribution is -2.55. The van der Waals surface area contributed by atoms with Gasteiger partial charge in [-0.25, -0.2) is 23.0 Å². The lowest BCUT2D eigenvalue weighted by atomic mass is 9.94. The second-order valence-electron chi connectivity index (χ2n) is 20.0. The second kappa shape index (κ2) is 22.8. The summed E-state index contributed by atoms with van der Waals surface area (Å²) in [7, 11) is -4.60. The van der Waals surface area contributed by atoms with Gasteiger partial charge in [-0.3, -0.25) is 9.59 Å². The summed E-state index contributed by atoms with van der Waals surface area (Å²) in [6.07, 6.45) is -0.563. The largest absolute Gasteiger partial charge is 0.489 e. The van der Waals surface area contributed by atoms with Crippen LogP contribution in [0.1, 0.15) is 78.8 Å². The summed E-state index contributed by atoms with van der Waals surface area (Å²) >= 11 is 13.0. The molecule has 3 aliphatic heterocycles. The molecular weight excluding hydrogens is 1070 g/mol. The summed E-state index contributed by atoms with van der Waals surface area (Å²) in [5.74, 6) is -1.68. The number of sulfonamides is 1. The van der Waals surface area contributed by atoms with E-state index in [0.29, 0.717) is 75.5 Å². The van der Waals surface area contributed by atoms with Crippen molar-refractivity contribution in [2.75, 3.05) is 25.0 Å². The lowest BCUT2D eigenvalue weighted by Gasteiger charge is -2.36. The summed E-state index contributed by atoms with van der Waals surface area (Å²) in [5, 5.41) is 26.0. The number of rotatable bonds is 14. The summed E-state index contributed by atoms with van der Waals surface area (Å²) in [6.45, 7) is 7.52. The predicted molar refractivity (Wildman–Crippen MR) is 289 cm³/mol. The highest BCUT2D eigenvalue weighted by molar-refractivity contribution is 7.91. The number of thiazole rings is 1. The Morgan fingerprint density at radius 1 is 0.883 bits per heavy atom. The number of aliphatic carboxylic acids is 1. The van der Waals surface area contributed by atoms with Crippen molar-refractivity contribution in [1.82, 2.24) is 19.5 Å². The van der Waals surface area contributed by atoms with Crippen LogP contribution in [0, 0.1) is 24.2 Å². The molecule has 5 aromatic carbocycles. The van der Waals surface area contributed by atoms with E-state index in [1.54, 1.807) is 74.2 Å². The fraction of sp³-hybridized carbons (Fsp3) is 0.321. The topological polar surface area (TPSA) is 227 Å². The minimum Gasteiger partial charge on any atom is -0.489 e. The number of ether oxygens (including phenoxy) is 4. The van der Waals surface area contributed by atoms with Crippen molar-refractivity contribution in [3.05, 3.63) is 152 Å². The van der Waals surface area contributed by atoms with Crippen LogP contribution in [0.25, 0.3) is 11.1 Å². The molecule has 77 heavy (non-hydrogen) atoms. The normalized spacial score (nSPS) is 17.1. The van der Waals surface area contributed by atoms with Gasteiger partial charge in [0, 0.05) is 32.0 Å². The zero-order valence-electron chi connectivity index (χ0n) is 42.4. The number of carboxylic acid groups (broad SMARTS) is 1. The first kappa shape index (κ1) is 54.6. The molecule has 0 bridgehead atoms. The van der Waals surface area contributed by atoms with Crippen LogP contribution in [0.3, 0.4) is 0 Å². The molecule has 3 amide bonds. The number of anilines is 1.